The first kappa shape index (κ1) is 9.53. The molecule has 0 aliphatic heterocycles. The highest BCUT2D eigenvalue weighted by Gasteiger charge is 2.02. The van der Waals surface area contributed by atoms with Crippen molar-refractivity contribution >= 4 is 5.69 Å². The molecule has 1 rings (SSSR count). The van der Waals surface area contributed by atoms with E-state index in [0.717, 1.165) is 12.1 Å². The van der Waals surface area contributed by atoms with Gasteiger partial charge in [-0.25, -0.2) is 4.39 Å². The second kappa shape index (κ2) is 4.46. The summed E-state index contributed by atoms with van der Waals surface area (Å²) >= 11 is 0. The van der Waals surface area contributed by atoms with E-state index in [1.54, 1.807) is 17.0 Å². The molecule has 0 aliphatic carbocycles. The van der Waals surface area contributed by atoms with E-state index in [9.17, 15) is 4.39 Å². The Morgan fingerprint density at radius 3 is 2.46 bits per heavy atom. The Morgan fingerprint density at radius 1 is 1.38 bits per heavy atom. The summed E-state index contributed by atoms with van der Waals surface area (Å²) in [5.74, 6) is -0.280. The molecule has 13 heavy (non-hydrogen) atoms. The first-order chi connectivity index (χ1) is 6.27. The fourth-order valence-corrected chi connectivity index (χ4v) is 1.08. The lowest BCUT2D eigenvalue weighted by Gasteiger charge is -2.13. The molecule has 1 aromatic carbocycles. The van der Waals surface area contributed by atoms with Crippen LogP contribution in [0.4, 0.5) is 10.1 Å². The van der Waals surface area contributed by atoms with Gasteiger partial charge in [0.15, 0.2) is 6.19 Å². The normalized spacial score (nSPS) is 9.31. The van der Waals surface area contributed by atoms with Gasteiger partial charge in [-0.15, -0.1) is 0 Å². The number of nitrogens with zero attached hydrogens (tertiary/aromatic N) is 2. The van der Waals surface area contributed by atoms with Gasteiger partial charge in [0.25, 0.3) is 0 Å². The minimum absolute atomic E-state index is 0.280. The van der Waals surface area contributed by atoms with E-state index < -0.39 is 0 Å². The molecule has 0 fully saturated rings. The Hall–Kier alpha value is -1.56. The summed E-state index contributed by atoms with van der Waals surface area (Å²) in [6.45, 7) is 2.66. The molecule has 0 N–H and O–H groups in total. The lowest BCUT2D eigenvalue weighted by molar-refractivity contribution is 0.627. The number of anilines is 1. The molecule has 68 valence electrons. The molecule has 0 aliphatic rings. The minimum Gasteiger partial charge on any atom is -0.280 e. The Morgan fingerprint density at radius 2 is 2.00 bits per heavy atom. The average molecular weight is 178 g/mol. The van der Waals surface area contributed by atoms with Crippen molar-refractivity contribution in [1.29, 1.82) is 5.26 Å². The molecule has 0 radical (unpaired) electrons. The smallest absolute Gasteiger partial charge is 0.184 e. The molecule has 0 bridgehead atoms. The van der Waals surface area contributed by atoms with Gasteiger partial charge in [0.1, 0.15) is 5.82 Å². The zero-order chi connectivity index (χ0) is 9.68. The van der Waals surface area contributed by atoms with Crippen LogP contribution in [0.3, 0.4) is 0 Å². The zero-order valence-electron chi connectivity index (χ0n) is 7.50. The van der Waals surface area contributed by atoms with Crippen LogP contribution in [0.1, 0.15) is 13.3 Å². The molecule has 3 heteroatoms. The number of hydrogen-bond donors (Lipinski definition) is 0. The van der Waals surface area contributed by atoms with Gasteiger partial charge >= 0.3 is 0 Å². The monoisotopic (exact) mass is 178 g/mol. The molecule has 0 atom stereocenters. The highest BCUT2D eigenvalue weighted by Crippen LogP contribution is 2.13. The van der Waals surface area contributed by atoms with Crippen molar-refractivity contribution < 1.29 is 4.39 Å². The summed E-state index contributed by atoms with van der Waals surface area (Å²) in [6, 6.07) is 5.92. The highest BCUT2D eigenvalue weighted by atomic mass is 19.1. The Kier molecular flexibility index (Phi) is 3.27. The largest absolute Gasteiger partial charge is 0.280 e. The van der Waals surface area contributed by atoms with Crippen LogP contribution in [0.5, 0.6) is 0 Å². The molecule has 1 aromatic rings. The fourth-order valence-electron chi connectivity index (χ4n) is 1.08. The predicted molar refractivity (Wildman–Crippen MR) is 49.7 cm³/mol. The third kappa shape index (κ3) is 2.45. The van der Waals surface area contributed by atoms with Crippen molar-refractivity contribution in [3.63, 3.8) is 0 Å². The summed E-state index contributed by atoms with van der Waals surface area (Å²) in [4.78, 5) is 1.54. The summed E-state index contributed by atoms with van der Waals surface area (Å²) < 4.78 is 12.5. The first-order valence-electron chi connectivity index (χ1n) is 4.20. The highest BCUT2D eigenvalue weighted by molar-refractivity contribution is 5.49. The second-order valence-corrected chi connectivity index (χ2v) is 2.73. The maximum absolute atomic E-state index is 12.5. The quantitative estimate of drug-likeness (QED) is 0.525. The van der Waals surface area contributed by atoms with Gasteiger partial charge in [-0.1, -0.05) is 6.92 Å². The van der Waals surface area contributed by atoms with E-state index in [4.69, 9.17) is 5.26 Å². The minimum atomic E-state index is -0.280. The molecule has 0 saturated heterocycles. The molecule has 0 heterocycles. The van der Waals surface area contributed by atoms with Crippen LogP contribution < -0.4 is 4.90 Å². The SMILES string of the molecule is CCCN(C#N)c1ccc(F)cc1. The van der Waals surface area contributed by atoms with Crippen LogP contribution in [0.2, 0.25) is 0 Å². The number of nitriles is 1. The summed E-state index contributed by atoms with van der Waals surface area (Å²) in [7, 11) is 0. The third-order valence-corrected chi connectivity index (χ3v) is 1.71. The van der Waals surface area contributed by atoms with E-state index in [2.05, 4.69) is 0 Å². The van der Waals surface area contributed by atoms with E-state index >= 15 is 0 Å². The van der Waals surface area contributed by atoms with Crippen molar-refractivity contribution in [3.8, 4) is 6.19 Å². The van der Waals surface area contributed by atoms with Crippen LogP contribution in [0.25, 0.3) is 0 Å². The van der Waals surface area contributed by atoms with E-state index in [1.807, 2.05) is 13.1 Å². The second-order valence-electron chi connectivity index (χ2n) is 2.73. The molecule has 2 nitrogen and oxygen atoms in total. The Balaban J connectivity index is 2.81. The number of benzene rings is 1. The van der Waals surface area contributed by atoms with E-state index in [1.165, 1.54) is 12.1 Å². The summed E-state index contributed by atoms with van der Waals surface area (Å²) in [5.41, 5.74) is 0.741. The van der Waals surface area contributed by atoms with Crippen LogP contribution >= 0.6 is 0 Å². The van der Waals surface area contributed by atoms with Gasteiger partial charge in [-0.3, -0.25) is 4.90 Å². The van der Waals surface area contributed by atoms with Crippen LogP contribution in [0.15, 0.2) is 24.3 Å². The van der Waals surface area contributed by atoms with Crippen LogP contribution in [-0.4, -0.2) is 6.54 Å². The van der Waals surface area contributed by atoms with Gasteiger partial charge in [0.2, 0.25) is 0 Å². The van der Waals surface area contributed by atoms with Gasteiger partial charge in [-0.05, 0) is 30.7 Å². The van der Waals surface area contributed by atoms with Gasteiger partial charge < -0.3 is 0 Å². The van der Waals surface area contributed by atoms with Gasteiger partial charge in [-0.2, -0.15) is 5.26 Å². The summed E-state index contributed by atoms with van der Waals surface area (Å²) in [6.07, 6.45) is 2.94. The first-order valence-corrected chi connectivity index (χ1v) is 4.20. The van der Waals surface area contributed by atoms with Gasteiger partial charge in [0, 0.05) is 6.54 Å². The summed E-state index contributed by atoms with van der Waals surface area (Å²) in [5, 5.41) is 8.76. The van der Waals surface area contributed by atoms with Crippen molar-refractivity contribution in [2.45, 2.75) is 13.3 Å². The van der Waals surface area contributed by atoms with Crippen molar-refractivity contribution in [2.24, 2.45) is 0 Å². The van der Waals surface area contributed by atoms with Crippen LogP contribution in [-0.2, 0) is 0 Å². The fraction of sp³-hybridized carbons (Fsp3) is 0.300. The topological polar surface area (TPSA) is 27.0 Å². The predicted octanol–water partition coefficient (Wildman–Crippen LogP) is 2.52. The Bertz CT molecular complexity index is 300. The Labute approximate surface area is 77.2 Å². The molecular weight excluding hydrogens is 167 g/mol. The lowest BCUT2D eigenvalue weighted by Crippen LogP contribution is -2.16. The molecular formula is C10H11FN2. The maximum atomic E-state index is 12.5. The van der Waals surface area contributed by atoms with E-state index in [0.29, 0.717) is 6.54 Å². The van der Waals surface area contributed by atoms with Crippen molar-refractivity contribution in [2.75, 3.05) is 11.4 Å². The molecule has 0 spiro atoms. The third-order valence-electron chi connectivity index (χ3n) is 1.71. The van der Waals surface area contributed by atoms with E-state index in [-0.39, 0.29) is 5.82 Å². The molecule has 0 aromatic heterocycles. The molecule has 0 amide bonds. The average Bonchev–Trinajstić information content (AvgIpc) is 2.16. The van der Waals surface area contributed by atoms with Crippen molar-refractivity contribution in [3.05, 3.63) is 30.1 Å². The zero-order valence-corrected chi connectivity index (χ0v) is 7.50. The standard InChI is InChI=1S/C10H11FN2/c1-2-7-13(8-12)10-5-3-9(11)4-6-10/h3-6H,2,7H2,1H3. The van der Waals surface area contributed by atoms with Gasteiger partial charge in [0.05, 0.1) is 5.69 Å². The van der Waals surface area contributed by atoms with Crippen LogP contribution in [0, 0.1) is 17.3 Å². The lowest BCUT2D eigenvalue weighted by atomic mass is 10.3. The number of rotatable bonds is 3. The van der Waals surface area contributed by atoms with Crippen molar-refractivity contribution in [1.82, 2.24) is 0 Å². The molecule has 0 unspecified atom stereocenters. The number of halogens is 1. The molecule has 0 saturated carbocycles. The number of hydrogen-bond acceptors (Lipinski definition) is 2. The maximum Gasteiger partial charge on any atom is 0.184 e.